The first-order valence-electron chi connectivity index (χ1n) is 5.97. The zero-order valence-electron chi connectivity index (χ0n) is 11.0. The molecular formula is C14H18N2OS. The van der Waals surface area contributed by atoms with Crippen LogP contribution in [0.5, 0.6) is 5.75 Å². The van der Waals surface area contributed by atoms with Gasteiger partial charge in [0, 0.05) is 16.9 Å². The number of nitrogens with two attached hydrogens (primary N) is 1. The number of methoxy groups -OCH3 is 1. The summed E-state index contributed by atoms with van der Waals surface area (Å²) in [5.41, 5.74) is 8.87. The van der Waals surface area contributed by atoms with Crippen molar-refractivity contribution < 1.29 is 4.74 Å². The fourth-order valence-electron chi connectivity index (χ4n) is 1.94. The van der Waals surface area contributed by atoms with Crippen LogP contribution in [0.4, 0.5) is 0 Å². The molecular weight excluding hydrogens is 244 g/mol. The number of aryl methyl sites for hydroxylation is 2. The molecule has 1 aromatic carbocycles. The summed E-state index contributed by atoms with van der Waals surface area (Å²) in [4.78, 5) is 5.89. The van der Waals surface area contributed by atoms with Crippen molar-refractivity contribution in [3.8, 4) is 17.0 Å². The van der Waals surface area contributed by atoms with E-state index in [1.807, 2.05) is 12.1 Å². The van der Waals surface area contributed by atoms with E-state index in [0.29, 0.717) is 6.54 Å². The topological polar surface area (TPSA) is 48.1 Å². The molecule has 4 heteroatoms. The van der Waals surface area contributed by atoms with Crippen molar-refractivity contribution >= 4 is 11.3 Å². The quantitative estimate of drug-likeness (QED) is 0.921. The van der Waals surface area contributed by atoms with Gasteiger partial charge < -0.3 is 10.5 Å². The first-order valence-corrected chi connectivity index (χ1v) is 6.78. The Morgan fingerprint density at radius 1 is 1.33 bits per heavy atom. The molecule has 0 amide bonds. The molecule has 3 nitrogen and oxygen atoms in total. The number of hydrogen-bond acceptors (Lipinski definition) is 4. The minimum Gasteiger partial charge on any atom is -0.496 e. The van der Waals surface area contributed by atoms with E-state index < -0.39 is 0 Å². The molecule has 2 aromatic rings. The number of nitrogens with zero attached hydrogens (tertiary/aromatic N) is 1. The van der Waals surface area contributed by atoms with Crippen LogP contribution in [0.2, 0.25) is 0 Å². The Balaban J connectivity index is 2.50. The second-order valence-electron chi connectivity index (χ2n) is 4.25. The number of aromatic nitrogens is 1. The third-order valence-corrected chi connectivity index (χ3v) is 3.84. The van der Waals surface area contributed by atoms with Gasteiger partial charge in [-0.15, -0.1) is 11.3 Å². The molecule has 2 N–H and O–H groups in total. The van der Waals surface area contributed by atoms with Crippen molar-refractivity contribution in [3.63, 3.8) is 0 Å². The Labute approximate surface area is 112 Å². The Hall–Kier alpha value is -1.39. The summed E-state index contributed by atoms with van der Waals surface area (Å²) >= 11 is 1.71. The van der Waals surface area contributed by atoms with Gasteiger partial charge in [-0.3, -0.25) is 0 Å². The van der Waals surface area contributed by atoms with Crippen molar-refractivity contribution in [2.24, 2.45) is 5.73 Å². The first kappa shape index (κ1) is 13.1. The fraction of sp³-hybridized carbons (Fsp3) is 0.357. The first-order chi connectivity index (χ1) is 8.65. The van der Waals surface area contributed by atoms with Gasteiger partial charge in [0.2, 0.25) is 0 Å². The highest BCUT2D eigenvalue weighted by molar-refractivity contribution is 7.12. The lowest BCUT2D eigenvalue weighted by atomic mass is 10.1. The molecule has 1 aromatic heterocycles. The van der Waals surface area contributed by atoms with Gasteiger partial charge in [-0.2, -0.15) is 0 Å². The van der Waals surface area contributed by atoms with E-state index in [0.717, 1.165) is 28.4 Å². The van der Waals surface area contributed by atoms with Crippen LogP contribution in [0, 0.1) is 13.8 Å². The summed E-state index contributed by atoms with van der Waals surface area (Å²) in [7, 11) is 1.69. The Bertz CT molecular complexity index is 549. The van der Waals surface area contributed by atoms with Crippen LogP contribution in [0.25, 0.3) is 11.3 Å². The molecule has 0 atom stereocenters. The van der Waals surface area contributed by atoms with E-state index in [9.17, 15) is 0 Å². The summed E-state index contributed by atoms with van der Waals surface area (Å²) in [5, 5.41) is 1.09. The van der Waals surface area contributed by atoms with Crippen LogP contribution in [-0.4, -0.2) is 18.6 Å². The van der Waals surface area contributed by atoms with Crippen LogP contribution in [0.15, 0.2) is 18.2 Å². The SMILES string of the molecule is COc1ccc(C)cc1-c1nc(CCN)sc1C. The molecule has 2 rings (SSSR count). The molecule has 0 aliphatic carbocycles. The molecule has 0 fully saturated rings. The molecule has 0 unspecified atom stereocenters. The maximum atomic E-state index is 5.58. The maximum Gasteiger partial charge on any atom is 0.128 e. The van der Waals surface area contributed by atoms with Gasteiger partial charge in [-0.1, -0.05) is 11.6 Å². The van der Waals surface area contributed by atoms with Crippen molar-refractivity contribution in [2.75, 3.05) is 13.7 Å². The lowest BCUT2D eigenvalue weighted by molar-refractivity contribution is 0.416. The highest BCUT2D eigenvalue weighted by Crippen LogP contribution is 2.34. The number of ether oxygens (including phenoxy) is 1. The fourth-order valence-corrected chi connectivity index (χ4v) is 2.90. The predicted octanol–water partition coefficient (Wildman–Crippen LogP) is 2.94. The average Bonchev–Trinajstić information content (AvgIpc) is 2.70. The van der Waals surface area contributed by atoms with Gasteiger partial charge in [-0.05, 0) is 32.5 Å². The van der Waals surface area contributed by atoms with Gasteiger partial charge in [0.15, 0.2) is 0 Å². The van der Waals surface area contributed by atoms with Gasteiger partial charge in [-0.25, -0.2) is 4.98 Å². The van der Waals surface area contributed by atoms with Gasteiger partial charge >= 0.3 is 0 Å². The standard InChI is InChI=1S/C14H18N2OS/c1-9-4-5-12(17-3)11(8-9)14-10(2)18-13(16-14)6-7-15/h4-5,8H,6-7,15H2,1-3H3. The molecule has 0 radical (unpaired) electrons. The van der Waals surface area contributed by atoms with Crippen molar-refractivity contribution in [2.45, 2.75) is 20.3 Å². The van der Waals surface area contributed by atoms with Crippen LogP contribution in [0.3, 0.4) is 0 Å². The number of hydrogen-bond donors (Lipinski definition) is 1. The summed E-state index contributed by atoms with van der Waals surface area (Å²) in [6.45, 7) is 4.80. The third-order valence-electron chi connectivity index (χ3n) is 2.81. The molecule has 0 saturated carbocycles. The van der Waals surface area contributed by atoms with Gasteiger partial charge in [0.1, 0.15) is 5.75 Å². The van der Waals surface area contributed by atoms with E-state index in [1.165, 1.54) is 10.4 Å². The zero-order valence-corrected chi connectivity index (χ0v) is 11.8. The molecule has 0 aliphatic rings. The Morgan fingerprint density at radius 3 is 2.78 bits per heavy atom. The number of thiazole rings is 1. The predicted molar refractivity (Wildman–Crippen MR) is 76.3 cm³/mol. The highest BCUT2D eigenvalue weighted by Gasteiger charge is 2.13. The van der Waals surface area contributed by atoms with E-state index in [4.69, 9.17) is 10.5 Å². The van der Waals surface area contributed by atoms with Crippen molar-refractivity contribution in [3.05, 3.63) is 33.6 Å². The summed E-state index contributed by atoms with van der Waals surface area (Å²) in [5.74, 6) is 0.869. The molecule has 0 aliphatic heterocycles. The highest BCUT2D eigenvalue weighted by atomic mass is 32.1. The lowest BCUT2D eigenvalue weighted by Gasteiger charge is -2.08. The molecule has 96 valence electrons. The molecule has 0 saturated heterocycles. The Kier molecular flexibility index (Phi) is 3.99. The second-order valence-corrected chi connectivity index (χ2v) is 5.54. The summed E-state index contributed by atoms with van der Waals surface area (Å²) in [6.07, 6.45) is 0.833. The second kappa shape index (κ2) is 5.50. The van der Waals surface area contributed by atoms with Crippen molar-refractivity contribution in [1.29, 1.82) is 0 Å². The Morgan fingerprint density at radius 2 is 2.11 bits per heavy atom. The average molecular weight is 262 g/mol. The molecule has 18 heavy (non-hydrogen) atoms. The molecule has 0 spiro atoms. The van der Waals surface area contributed by atoms with Crippen molar-refractivity contribution in [1.82, 2.24) is 4.98 Å². The largest absolute Gasteiger partial charge is 0.496 e. The van der Waals surface area contributed by atoms with Crippen LogP contribution in [-0.2, 0) is 6.42 Å². The number of rotatable bonds is 4. The van der Waals surface area contributed by atoms with E-state index in [1.54, 1.807) is 18.4 Å². The van der Waals surface area contributed by atoms with E-state index in [2.05, 4.69) is 24.9 Å². The number of benzene rings is 1. The zero-order chi connectivity index (χ0) is 13.1. The van der Waals surface area contributed by atoms with Crippen LogP contribution in [0.1, 0.15) is 15.4 Å². The molecule has 1 heterocycles. The summed E-state index contributed by atoms with van der Waals surface area (Å²) < 4.78 is 5.42. The van der Waals surface area contributed by atoms with E-state index in [-0.39, 0.29) is 0 Å². The normalized spacial score (nSPS) is 10.7. The summed E-state index contributed by atoms with van der Waals surface area (Å²) in [6, 6.07) is 6.16. The van der Waals surface area contributed by atoms with E-state index >= 15 is 0 Å². The van der Waals surface area contributed by atoms with Crippen LogP contribution < -0.4 is 10.5 Å². The van der Waals surface area contributed by atoms with Gasteiger partial charge in [0.25, 0.3) is 0 Å². The maximum absolute atomic E-state index is 5.58. The minimum atomic E-state index is 0.636. The smallest absolute Gasteiger partial charge is 0.128 e. The molecule has 0 bridgehead atoms. The monoisotopic (exact) mass is 262 g/mol. The third kappa shape index (κ3) is 2.54. The van der Waals surface area contributed by atoms with Crippen LogP contribution >= 0.6 is 11.3 Å². The van der Waals surface area contributed by atoms with Gasteiger partial charge in [0.05, 0.1) is 17.8 Å². The lowest BCUT2D eigenvalue weighted by Crippen LogP contribution is -2.02. The minimum absolute atomic E-state index is 0.636.